The summed E-state index contributed by atoms with van der Waals surface area (Å²) in [5.41, 5.74) is 1.27. The number of aromatic nitrogens is 2. The van der Waals surface area contributed by atoms with E-state index in [1.165, 1.54) is 18.2 Å². The standard InChI is InChI=1S/C21H20ClFN4O2S/c22-16-13-15(6-7-17(16)23)19(28)24-18(12-14-4-2-1-3-5-14)20-25-26-21(29-20)27-8-10-30-11-9-27/h1-7,13,18H,8-12H2,(H,24,28)/t18-/m1/s1. The van der Waals surface area contributed by atoms with Crippen LogP contribution in [0.1, 0.15) is 27.9 Å². The molecule has 1 saturated heterocycles. The van der Waals surface area contributed by atoms with E-state index in [2.05, 4.69) is 15.5 Å². The van der Waals surface area contributed by atoms with Gasteiger partial charge in [-0.15, -0.1) is 5.10 Å². The average molecular weight is 447 g/mol. The van der Waals surface area contributed by atoms with Crippen molar-refractivity contribution in [3.63, 3.8) is 0 Å². The van der Waals surface area contributed by atoms with Crippen LogP contribution in [0.25, 0.3) is 0 Å². The third kappa shape index (κ3) is 4.94. The number of benzene rings is 2. The van der Waals surface area contributed by atoms with E-state index in [9.17, 15) is 9.18 Å². The predicted octanol–water partition coefficient (Wildman–Crippen LogP) is 4.13. The van der Waals surface area contributed by atoms with Crippen LogP contribution in [-0.2, 0) is 6.42 Å². The second-order valence-electron chi connectivity index (χ2n) is 6.87. The molecule has 30 heavy (non-hydrogen) atoms. The first-order valence-electron chi connectivity index (χ1n) is 9.56. The fourth-order valence-corrected chi connectivity index (χ4v) is 4.26. The molecule has 2 heterocycles. The van der Waals surface area contributed by atoms with Gasteiger partial charge in [0.2, 0.25) is 5.89 Å². The first-order chi connectivity index (χ1) is 14.6. The molecular weight excluding hydrogens is 427 g/mol. The molecule has 9 heteroatoms. The Balaban J connectivity index is 1.57. The van der Waals surface area contributed by atoms with Gasteiger partial charge in [-0.25, -0.2) is 4.39 Å². The number of rotatable bonds is 6. The maximum Gasteiger partial charge on any atom is 0.318 e. The van der Waals surface area contributed by atoms with E-state index in [1.54, 1.807) is 0 Å². The van der Waals surface area contributed by atoms with Crippen molar-refractivity contribution in [3.8, 4) is 0 Å². The molecular formula is C21H20ClFN4O2S. The number of hydrogen-bond acceptors (Lipinski definition) is 6. The van der Waals surface area contributed by atoms with Gasteiger partial charge in [0.1, 0.15) is 11.9 Å². The van der Waals surface area contributed by atoms with Gasteiger partial charge in [0, 0.05) is 36.6 Å². The summed E-state index contributed by atoms with van der Waals surface area (Å²) in [5, 5.41) is 11.2. The highest BCUT2D eigenvalue weighted by Crippen LogP contribution is 2.24. The lowest BCUT2D eigenvalue weighted by Gasteiger charge is -2.24. The highest BCUT2D eigenvalue weighted by Gasteiger charge is 2.25. The topological polar surface area (TPSA) is 71.3 Å². The molecule has 1 N–H and O–H groups in total. The highest BCUT2D eigenvalue weighted by molar-refractivity contribution is 7.99. The molecule has 0 radical (unpaired) electrons. The van der Waals surface area contributed by atoms with Crippen molar-refractivity contribution in [3.05, 3.63) is 76.4 Å². The van der Waals surface area contributed by atoms with Crippen LogP contribution in [0, 0.1) is 5.82 Å². The summed E-state index contributed by atoms with van der Waals surface area (Å²) in [6, 6.07) is 13.5. The van der Waals surface area contributed by atoms with Gasteiger partial charge in [-0.3, -0.25) is 4.79 Å². The summed E-state index contributed by atoms with van der Waals surface area (Å²) in [4.78, 5) is 14.8. The van der Waals surface area contributed by atoms with Gasteiger partial charge in [0.05, 0.1) is 5.02 Å². The van der Waals surface area contributed by atoms with E-state index in [0.29, 0.717) is 18.3 Å². The van der Waals surface area contributed by atoms with Crippen LogP contribution in [0.15, 0.2) is 52.9 Å². The molecule has 156 valence electrons. The summed E-state index contributed by atoms with van der Waals surface area (Å²) in [7, 11) is 0. The largest absolute Gasteiger partial charge is 0.406 e. The van der Waals surface area contributed by atoms with Crippen molar-refractivity contribution in [2.75, 3.05) is 29.5 Å². The van der Waals surface area contributed by atoms with Crippen molar-refractivity contribution < 1.29 is 13.6 Å². The van der Waals surface area contributed by atoms with Crippen LogP contribution in [0.3, 0.4) is 0 Å². The molecule has 0 bridgehead atoms. The lowest BCUT2D eigenvalue weighted by molar-refractivity contribution is 0.0930. The molecule has 1 aliphatic rings. The molecule has 0 aliphatic carbocycles. The Morgan fingerprint density at radius 2 is 1.97 bits per heavy atom. The van der Waals surface area contributed by atoms with Gasteiger partial charge >= 0.3 is 6.01 Å². The van der Waals surface area contributed by atoms with E-state index < -0.39 is 17.8 Å². The van der Waals surface area contributed by atoms with Crippen molar-refractivity contribution in [1.82, 2.24) is 15.5 Å². The number of anilines is 1. The zero-order valence-electron chi connectivity index (χ0n) is 16.1. The van der Waals surface area contributed by atoms with Gasteiger partial charge in [-0.1, -0.05) is 47.0 Å². The third-order valence-corrected chi connectivity index (χ3v) is 6.01. The number of carbonyl (C=O) groups excluding carboxylic acids is 1. The normalized spacial score (nSPS) is 15.1. The lowest BCUT2D eigenvalue weighted by atomic mass is 10.1. The van der Waals surface area contributed by atoms with Gasteiger partial charge in [0.15, 0.2) is 0 Å². The SMILES string of the molecule is O=C(N[C@H](Cc1ccccc1)c1nnc(N2CCSCC2)o1)c1ccc(F)c(Cl)c1. The van der Waals surface area contributed by atoms with Crippen LogP contribution in [-0.4, -0.2) is 40.7 Å². The quantitative estimate of drug-likeness (QED) is 0.614. The zero-order valence-corrected chi connectivity index (χ0v) is 17.6. The second-order valence-corrected chi connectivity index (χ2v) is 8.50. The lowest BCUT2D eigenvalue weighted by Crippen LogP contribution is -2.32. The van der Waals surface area contributed by atoms with Crippen LogP contribution in [0.4, 0.5) is 10.4 Å². The molecule has 0 unspecified atom stereocenters. The molecule has 1 fully saturated rings. The molecule has 1 aliphatic heterocycles. The smallest absolute Gasteiger partial charge is 0.318 e. The Morgan fingerprint density at radius 1 is 1.20 bits per heavy atom. The Morgan fingerprint density at radius 3 is 2.70 bits per heavy atom. The minimum atomic E-state index is -0.574. The number of hydrogen-bond donors (Lipinski definition) is 1. The average Bonchev–Trinajstić information content (AvgIpc) is 3.27. The highest BCUT2D eigenvalue weighted by atomic mass is 35.5. The summed E-state index contributed by atoms with van der Waals surface area (Å²) in [6.45, 7) is 1.69. The number of amides is 1. The number of thioether (sulfide) groups is 1. The Labute approximate surface area is 182 Å². The fourth-order valence-electron chi connectivity index (χ4n) is 3.18. The number of halogens is 2. The minimum Gasteiger partial charge on any atom is -0.406 e. The van der Waals surface area contributed by atoms with E-state index in [0.717, 1.165) is 30.2 Å². The van der Waals surface area contributed by atoms with Crippen molar-refractivity contribution in [2.24, 2.45) is 0 Å². The Hall–Kier alpha value is -2.58. The van der Waals surface area contributed by atoms with Crippen LogP contribution in [0.2, 0.25) is 5.02 Å². The third-order valence-electron chi connectivity index (χ3n) is 4.78. The van der Waals surface area contributed by atoms with Gasteiger partial charge in [-0.05, 0) is 23.8 Å². The van der Waals surface area contributed by atoms with Gasteiger partial charge in [0.25, 0.3) is 5.91 Å². The summed E-state index contributed by atoms with van der Waals surface area (Å²) < 4.78 is 19.4. The molecule has 0 spiro atoms. The summed E-state index contributed by atoms with van der Waals surface area (Å²) in [5.74, 6) is 1.37. The molecule has 2 aromatic carbocycles. The van der Waals surface area contributed by atoms with Crippen molar-refractivity contribution >= 4 is 35.3 Å². The predicted molar refractivity (Wildman–Crippen MR) is 116 cm³/mol. The molecule has 0 saturated carbocycles. The molecule has 1 amide bonds. The minimum absolute atomic E-state index is 0.106. The van der Waals surface area contributed by atoms with Gasteiger partial charge in [-0.2, -0.15) is 11.8 Å². The summed E-state index contributed by atoms with van der Waals surface area (Å²) >= 11 is 7.72. The fraction of sp³-hybridized carbons (Fsp3) is 0.286. The van der Waals surface area contributed by atoms with E-state index in [-0.39, 0.29) is 10.6 Å². The van der Waals surface area contributed by atoms with Crippen molar-refractivity contribution in [1.29, 1.82) is 0 Å². The van der Waals surface area contributed by atoms with E-state index >= 15 is 0 Å². The monoisotopic (exact) mass is 446 g/mol. The molecule has 6 nitrogen and oxygen atoms in total. The van der Waals surface area contributed by atoms with Gasteiger partial charge < -0.3 is 14.6 Å². The molecule has 1 aromatic heterocycles. The first-order valence-corrected chi connectivity index (χ1v) is 11.1. The Bertz CT molecular complexity index is 1010. The molecule has 3 aromatic rings. The van der Waals surface area contributed by atoms with Crippen LogP contribution in [0.5, 0.6) is 0 Å². The first kappa shape index (κ1) is 20.7. The van der Waals surface area contributed by atoms with E-state index in [1.807, 2.05) is 47.0 Å². The van der Waals surface area contributed by atoms with Crippen molar-refractivity contribution in [2.45, 2.75) is 12.5 Å². The van der Waals surface area contributed by atoms with Crippen LogP contribution >= 0.6 is 23.4 Å². The Kier molecular flexibility index (Phi) is 6.54. The van der Waals surface area contributed by atoms with E-state index in [4.69, 9.17) is 16.0 Å². The molecule has 1 atom stereocenters. The van der Waals surface area contributed by atoms with Crippen LogP contribution < -0.4 is 10.2 Å². The number of nitrogens with one attached hydrogen (secondary N) is 1. The second kappa shape index (κ2) is 9.49. The number of carbonyl (C=O) groups is 1. The maximum absolute atomic E-state index is 13.5. The molecule has 4 rings (SSSR count). The summed E-state index contributed by atoms with van der Waals surface area (Å²) in [6.07, 6.45) is 0.471. The number of nitrogens with zero attached hydrogens (tertiary/aromatic N) is 3. The maximum atomic E-state index is 13.5. The zero-order chi connectivity index (χ0) is 20.9.